The largest absolute Gasteiger partial charge is 0.496 e. The summed E-state index contributed by atoms with van der Waals surface area (Å²) in [6, 6.07) is 11.6. The number of methoxy groups -OCH3 is 1. The molecule has 0 heterocycles. The SMILES string of the molecule is COc1ccc(-c2ccc(S(=O)(=O)O)cc2)cc1Br. The van der Waals surface area contributed by atoms with Crippen molar-refractivity contribution in [1.82, 2.24) is 0 Å². The second-order valence-corrected chi connectivity index (χ2v) is 6.12. The molecule has 6 heteroatoms. The molecule has 2 aromatic carbocycles. The quantitative estimate of drug-likeness (QED) is 0.868. The van der Waals surface area contributed by atoms with Gasteiger partial charge in [0.1, 0.15) is 5.75 Å². The van der Waals surface area contributed by atoms with Gasteiger partial charge in [-0.25, -0.2) is 0 Å². The maximum Gasteiger partial charge on any atom is 0.294 e. The zero-order valence-corrected chi connectivity index (χ0v) is 12.4. The van der Waals surface area contributed by atoms with Crippen molar-refractivity contribution in [2.75, 3.05) is 7.11 Å². The number of rotatable bonds is 3. The molecule has 0 atom stereocenters. The van der Waals surface area contributed by atoms with Gasteiger partial charge in [0.15, 0.2) is 0 Å². The van der Waals surface area contributed by atoms with Crippen molar-refractivity contribution in [1.29, 1.82) is 0 Å². The van der Waals surface area contributed by atoms with Crippen LogP contribution in [0.2, 0.25) is 0 Å². The highest BCUT2D eigenvalue weighted by atomic mass is 79.9. The topological polar surface area (TPSA) is 63.6 Å². The van der Waals surface area contributed by atoms with Crippen LogP contribution in [0.4, 0.5) is 0 Å². The Kier molecular flexibility index (Phi) is 3.93. The summed E-state index contributed by atoms with van der Waals surface area (Å²) in [5.74, 6) is 0.721. The molecule has 0 saturated carbocycles. The molecule has 0 unspecified atom stereocenters. The average molecular weight is 343 g/mol. The predicted molar refractivity (Wildman–Crippen MR) is 75.9 cm³/mol. The minimum Gasteiger partial charge on any atom is -0.496 e. The van der Waals surface area contributed by atoms with Crippen molar-refractivity contribution in [3.63, 3.8) is 0 Å². The highest BCUT2D eigenvalue weighted by Crippen LogP contribution is 2.30. The average Bonchev–Trinajstić information content (AvgIpc) is 2.38. The van der Waals surface area contributed by atoms with Gasteiger partial charge in [0, 0.05) is 0 Å². The van der Waals surface area contributed by atoms with Gasteiger partial charge >= 0.3 is 0 Å². The zero-order chi connectivity index (χ0) is 14.0. The third-order valence-electron chi connectivity index (χ3n) is 2.64. The first kappa shape index (κ1) is 14.0. The lowest BCUT2D eigenvalue weighted by Gasteiger charge is -2.07. The summed E-state index contributed by atoms with van der Waals surface area (Å²) in [4.78, 5) is -0.121. The van der Waals surface area contributed by atoms with Crippen LogP contribution in [0.5, 0.6) is 5.75 Å². The highest BCUT2D eigenvalue weighted by molar-refractivity contribution is 9.10. The first-order chi connectivity index (χ1) is 8.91. The van der Waals surface area contributed by atoms with Gasteiger partial charge in [-0.2, -0.15) is 8.42 Å². The summed E-state index contributed by atoms with van der Waals surface area (Å²) >= 11 is 3.39. The molecule has 0 amide bonds. The fourth-order valence-corrected chi connectivity index (χ4v) is 2.69. The molecule has 0 spiro atoms. The summed E-state index contributed by atoms with van der Waals surface area (Å²) < 4.78 is 36.8. The molecule has 0 aliphatic heterocycles. The highest BCUT2D eigenvalue weighted by Gasteiger charge is 2.09. The molecule has 0 aliphatic rings. The van der Waals surface area contributed by atoms with Crippen molar-refractivity contribution in [2.45, 2.75) is 4.90 Å². The van der Waals surface area contributed by atoms with Crippen LogP contribution < -0.4 is 4.74 Å². The summed E-state index contributed by atoms with van der Waals surface area (Å²) in [6.07, 6.45) is 0. The van der Waals surface area contributed by atoms with Gasteiger partial charge in [-0.1, -0.05) is 18.2 Å². The van der Waals surface area contributed by atoms with Gasteiger partial charge in [0.25, 0.3) is 10.1 Å². The molecule has 0 radical (unpaired) electrons. The summed E-state index contributed by atoms with van der Waals surface area (Å²) in [6.45, 7) is 0. The number of benzene rings is 2. The van der Waals surface area contributed by atoms with E-state index in [1.165, 1.54) is 12.1 Å². The zero-order valence-electron chi connectivity index (χ0n) is 10.00. The Morgan fingerprint density at radius 3 is 2.11 bits per heavy atom. The summed E-state index contributed by atoms with van der Waals surface area (Å²) in [7, 11) is -2.57. The normalized spacial score (nSPS) is 11.3. The smallest absolute Gasteiger partial charge is 0.294 e. The van der Waals surface area contributed by atoms with E-state index in [2.05, 4.69) is 15.9 Å². The fraction of sp³-hybridized carbons (Fsp3) is 0.0769. The minimum atomic E-state index is -4.15. The summed E-state index contributed by atoms with van der Waals surface area (Å²) in [5.41, 5.74) is 1.75. The Morgan fingerprint density at radius 1 is 1.05 bits per heavy atom. The molecule has 0 aliphatic carbocycles. The van der Waals surface area contributed by atoms with E-state index in [0.717, 1.165) is 21.3 Å². The molecular formula is C13H11BrO4S. The third kappa shape index (κ3) is 3.15. The second kappa shape index (κ2) is 5.32. The van der Waals surface area contributed by atoms with E-state index in [-0.39, 0.29) is 4.90 Å². The van der Waals surface area contributed by atoms with Crippen molar-refractivity contribution in [3.05, 3.63) is 46.9 Å². The second-order valence-electron chi connectivity index (χ2n) is 3.85. The Bertz CT molecular complexity index is 693. The fourth-order valence-electron chi connectivity index (χ4n) is 1.67. The Labute approximate surface area is 119 Å². The van der Waals surface area contributed by atoms with Gasteiger partial charge in [-0.15, -0.1) is 0 Å². The van der Waals surface area contributed by atoms with Crippen LogP contribution in [0.3, 0.4) is 0 Å². The number of ether oxygens (including phenoxy) is 1. The lowest BCUT2D eigenvalue weighted by Crippen LogP contribution is -1.97. The van der Waals surface area contributed by atoms with E-state index in [9.17, 15) is 8.42 Å². The Balaban J connectivity index is 2.40. The molecule has 0 aromatic heterocycles. The molecule has 1 N–H and O–H groups in total. The summed E-state index contributed by atoms with van der Waals surface area (Å²) in [5, 5.41) is 0. The molecular weight excluding hydrogens is 332 g/mol. The molecule has 0 bridgehead atoms. The van der Waals surface area contributed by atoms with Crippen LogP contribution in [0.25, 0.3) is 11.1 Å². The van der Waals surface area contributed by atoms with Crippen LogP contribution in [0.15, 0.2) is 51.8 Å². The number of hydrogen-bond acceptors (Lipinski definition) is 3. The van der Waals surface area contributed by atoms with Crippen LogP contribution >= 0.6 is 15.9 Å². The molecule has 0 fully saturated rings. The van der Waals surface area contributed by atoms with E-state index < -0.39 is 10.1 Å². The van der Waals surface area contributed by atoms with Gasteiger partial charge in [-0.05, 0) is 51.3 Å². The molecule has 2 rings (SSSR count). The molecule has 2 aromatic rings. The van der Waals surface area contributed by atoms with Gasteiger partial charge in [0.2, 0.25) is 0 Å². The lowest BCUT2D eigenvalue weighted by atomic mass is 10.1. The molecule has 100 valence electrons. The number of halogens is 1. The minimum absolute atomic E-state index is 0.121. The van der Waals surface area contributed by atoms with Gasteiger partial charge in [-0.3, -0.25) is 4.55 Å². The van der Waals surface area contributed by atoms with Crippen LogP contribution in [0, 0.1) is 0 Å². The third-order valence-corrected chi connectivity index (χ3v) is 4.12. The van der Waals surface area contributed by atoms with Crippen molar-refractivity contribution < 1.29 is 17.7 Å². The van der Waals surface area contributed by atoms with Crippen LogP contribution in [0.1, 0.15) is 0 Å². The first-order valence-electron chi connectivity index (χ1n) is 5.33. The van der Waals surface area contributed by atoms with E-state index in [4.69, 9.17) is 9.29 Å². The van der Waals surface area contributed by atoms with Crippen molar-refractivity contribution >= 4 is 26.0 Å². The molecule has 0 saturated heterocycles. The monoisotopic (exact) mass is 342 g/mol. The lowest BCUT2D eigenvalue weighted by molar-refractivity contribution is 0.412. The van der Waals surface area contributed by atoms with Gasteiger partial charge < -0.3 is 4.74 Å². The van der Waals surface area contributed by atoms with E-state index in [0.29, 0.717) is 0 Å². The number of hydrogen-bond donors (Lipinski definition) is 1. The predicted octanol–water partition coefficient (Wildman–Crippen LogP) is 3.37. The van der Waals surface area contributed by atoms with Gasteiger partial charge in [0.05, 0.1) is 16.5 Å². The first-order valence-corrected chi connectivity index (χ1v) is 7.56. The van der Waals surface area contributed by atoms with Crippen molar-refractivity contribution in [2.24, 2.45) is 0 Å². The van der Waals surface area contributed by atoms with E-state index in [1.807, 2.05) is 18.2 Å². The van der Waals surface area contributed by atoms with Crippen molar-refractivity contribution in [3.8, 4) is 16.9 Å². The Morgan fingerprint density at radius 2 is 1.63 bits per heavy atom. The molecule has 19 heavy (non-hydrogen) atoms. The van der Waals surface area contributed by atoms with E-state index in [1.54, 1.807) is 19.2 Å². The maximum atomic E-state index is 10.9. The standard InChI is InChI=1S/C13H11BrO4S/c1-18-13-7-4-10(8-12(13)14)9-2-5-11(6-3-9)19(15,16)17/h2-8H,1H3,(H,15,16,17). The maximum absolute atomic E-state index is 10.9. The Hall–Kier alpha value is -1.37. The molecule has 4 nitrogen and oxygen atoms in total. The van der Waals surface area contributed by atoms with Crippen LogP contribution in [-0.4, -0.2) is 20.1 Å². The van der Waals surface area contributed by atoms with Crippen LogP contribution in [-0.2, 0) is 10.1 Å². The van der Waals surface area contributed by atoms with E-state index >= 15 is 0 Å².